The van der Waals surface area contributed by atoms with Crippen LogP contribution in [-0.4, -0.2) is 69.5 Å². The van der Waals surface area contributed by atoms with E-state index >= 15 is 4.39 Å². The Hall–Kier alpha value is -5.05. The van der Waals surface area contributed by atoms with Gasteiger partial charge in [-0.2, -0.15) is 4.98 Å². The fourth-order valence-electron chi connectivity index (χ4n) is 5.98. The van der Waals surface area contributed by atoms with Crippen LogP contribution in [0, 0.1) is 5.92 Å². The number of hydrogen-bond acceptors (Lipinski definition) is 10. The van der Waals surface area contributed by atoms with Crippen LogP contribution < -0.4 is 20.3 Å². The van der Waals surface area contributed by atoms with Gasteiger partial charge in [0.1, 0.15) is 23.2 Å². The maximum Gasteiger partial charge on any atom is 0.695 e. The second-order valence-corrected chi connectivity index (χ2v) is 12.7. The van der Waals surface area contributed by atoms with Crippen molar-refractivity contribution in [2.75, 3.05) is 26.1 Å². The molecule has 5 atom stereocenters. The predicted molar refractivity (Wildman–Crippen MR) is 183 cm³/mol. The van der Waals surface area contributed by atoms with Crippen molar-refractivity contribution in [3.8, 4) is 11.5 Å². The Kier molecular flexibility index (Phi) is 10.6. The zero-order chi connectivity index (χ0) is 36.3. The Balaban J connectivity index is 1.40. The number of nitrogens with one attached hydrogen (secondary N) is 2. The standard InChI is InChI=1S/C35H35FN5O9P/c1-20(2)31(42)39-34-38-30-28(32(43)40-34)37-19-41(30)33-29(50-51(44)45)27(36)26(49-33)18-48-35(21-8-6-5-7-9-21,22-10-14-24(46-3)15-11-22)23-12-16-25(47-4)17-13-23/h5-17,19-20,26-27,29,33H,18H2,1-4H3,(H2-,38,39,40,42,43,44,45)/p+1/t26?,27-,29+,33+/m0/s1. The van der Waals surface area contributed by atoms with E-state index in [1.165, 1.54) is 10.9 Å². The van der Waals surface area contributed by atoms with E-state index in [0.717, 1.165) is 5.56 Å². The van der Waals surface area contributed by atoms with Crippen LogP contribution in [0.1, 0.15) is 36.8 Å². The molecule has 0 spiro atoms. The number of carbonyl (C=O) groups excluding carboxylic acids is 1. The first-order valence-corrected chi connectivity index (χ1v) is 17.1. The van der Waals surface area contributed by atoms with Gasteiger partial charge in [0, 0.05) is 10.5 Å². The number of nitrogens with zero attached hydrogens (tertiary/aromatic N) is 3. The lowest BCUT2D eigenvalue weighted by Gasteiger charge is -2.37. The molecule has 5 aromatic rings. The highest BCUT2D eigenvalue weighted by Crippen LogP contribution is 2.44. The summed E-state index contributed by atoms with van der Waals surface area (Å²) in [4.78, 5) is 45.9. The zero-order valence-electron chi connectivity index (χ0n) is 28.1. The molecule has 2 aromatic heterocycles. The van der Waals surface area contributed by atoms with Gasteiger partial charge in [0.15, 0.2) is 29.7 Å². The summed E-state index contributed by atoms with van der Waals surface area (Å²) in [5.41, 5.74) is -0.105. The first-order valence-electron chi connectivity index (χ1n) is 15.9. The van der Waals surface area contributed by atoms with Crippen molar-refractivity contribution in [1.82, 2.24) is 19.5 Å². The van der Waals surface area contributed by atoms with E-state index in [1.807, 2.05) is 54.6 Å². The Morgan fingerprint density at radius 3 is 2.16 bits per heavy atom. The van der Waals surface area contributed by atoms with E-state index in [4.69, 9.17) is 23.5 Å². The van der Waals surface area contributed by atoms with Crippen molar-refractivity contribution >= 4 is 31.3 Å². The SMILES string of the molecule is COc1ccc(C(OCC2O[C@@H](n3cnc4c(=O)[nH]c(NC(=O)C(C)C)nc43)[C@H](O[P+](=O)O)[C@H]2F)(c2ccccc2)c2ccc(OC)cc2)cc1. The molecule has 6 rings (SSSR count). The van der Waals surface area contributed by atoms with Crippen molar-refractivity contribution in [2.45, 2.75) is 44.1 Å². The molecule has 14 nitrogen and oxygen atoms in total. The molecule has 2 unspecified atom stereocenters. The van der Waals surface area contributed by atoms with Gasteiger partial charge in [-0.05, 0) is 41.0 Å². The largest absolute Gasteiger partial charge is 0.695 e. The number of alkyl halides is 1. The number of methoxy groups -OCH3 is 2. The molecule has 0 bridgehead atoms. The zero-order valence-corrected chi connectivity index (χ0v) is 29.0. The number of H-pyrrole nitrogens is 1. The number of halogens is 1. The lowest BCUT2D eigenvalue weighted by atomic mass is 9.80. The quantitative estimate of drug-likeness (QED) is 0.110. The summed E-state index contributed by atoms with van der Waals surface area (Å²) in [5.74, 6) is 0.243. The van der Waals surface area contributed by atoms with E-state index in [0.29, 0.717) is 22.6 Å². The maximum absolute atomic E-state index is 16.5. The first kappa shape index (κ1) is 35.8. The topological polar surface area (TPSA) is 176 Å². The molecule has 3 N–H and O–H groups in total. The minimum atomic E-state index is -3.30. The summed E-state index contributed by atoms with van der Waals surface area (Å²) >= 11 is 0. The number of ether oxygens (including phenoxy) is 4. The second kappa shape index (κ2) is 15.1. The van der Waals surface area contributed by atoms with Gasteiger partial charge in [-0.3, -0.25) is 24.5 Å². The molecule has 3 heterocycles. The lowest BCUT2D eigenvalue weighted by Crippen LogP contribution is -2.38. The highest BCUT2D eigenvalue weighted by molar-refractivity contribution is 7.32. The lowest BCUT2D eigenvalue weighted by molar-refractivity contribution is -0.118. The maximum atomic E-state index is 16.5. The molecule has 1 saturated heterocycles. The summed E-state index contributed by atoms with van der Waals surface area (Å²) in [6, 6.07) is 23.9. The van der Waals surface area contributed by atoms with E-state index in [9.17, 15) is 19.0 Å². The highest BCUT2D eigenvalue weighted by Gasteiger charge is 2.53. The van der Waals surface area contributed by atoms with Gasteiger partial charge in [0.2, 0.25) is 11.9 Å². The number of aromatic amines is 1. The van der Waals surface area contributed by atoms with E-state index in [1.54, 1.807) is 52.3 Å². The van der Waals surface area contributed by atoms with Crippen molar-refractivity contribution in [3.63, 3.8) is 0 Å². The molecule has 1 aliphatic rings. The fourth-order valence-corrected chi connectivity index (χ4v) is 6.41. The van der Waals surface area contributed by atoms with Crippen LogP contribution in [0.2, 0.25) is 0 Å². The van der Waals surface area contributed by atoms with Crippen LogP contribution in [0.25, 0.3) is 11.2 Å². The van der Waals surface area contributed by atoms with Crippen molar-refractivity contribution in [1.29, 1.82) is 0 Å². The predicted octanol–water partition coefficient (Wildman–Crippen LogP) is 5.01. The molecule has 1 fully saturated rings. The Bertz CT molecular complexity index is 2010. The van der Waals surface area contributed by atoms with Crippen LogP contribution >= 0.6 is 8.25 Å². The first-order chi connectivity index (χ1) is 24.5. The van der Waals surface area contributed by atoms with Crippen molar-refractivity contribution in [3.05, 3.63) is 112 Å². The molecule has 0 saturated carbocycles. The van der Waals surface area contributed by atoms with Gasteiger partial charge in [0.25, 0.3) is 5.56 Å². The van der Waals surface area contributed by atoms with Crippen LogP contribution in [0.15, 0.2) is 90.0 Å². The van der Waals surface area contributed by atoms with Crippen LogP contribution in [0.5, 0.6) is 11.5 Å². The molecule has 3 aromatic carbocycles. The number of aromatic nitrogens is 4. The summed E-state index contributed by atoms with van der Waals surface area (Å²) in [7, 11) is -0.177. The molecule has 1 aliphatic heterocycles. The Morgan fingerprint density at radius 1 is 1.02 bits per heavy atom. The van der Waals surface area contributed by atoms with Crippen LogP contribution in [-0.2, 0) is 29.0 Å². The Labute approximate surface area is 292 Å². The molecular weight excluding hydrogens is 684 g/mol. The minimum absolute atomic E-state index is 0.0755. The van der Waals surface area contributed by atoms with E-state index < -0.39 is 55.8 Å². The minimum Gasteiger partial charge on any atom is -0.497 e. The van der Waals surface area contributed by atoms with Crippen molar-refractivity contribution < 1.29 is 42.1 Å². The van der Waals surface area contributed by atoms with E-state index in [2.05, 4.69) is 20.3 Å². The third-order valence-electron chi connectivity index (χ3n) is 8.59. The monoisotopic (exact) mass is 720 g/mol. The average molecular weight is 721 g/mol. The summed E-state index contributed by atoms with van der Waals surface area (Å²) in [6.07, 6.45) is -5.23. The van der Waals surface area contributed by atoms with Crippen molar-refractivity contribution in [2.24, 2.45) is 5.92 Å². The normalized spacial score (nSPS) is 19.3. The van der Waals surface area contributed by atoms with Crippen LogP contribution in [0.4, 0.5) is 10.3 Å². The van der Waals surface area contributed by atoms with Gasteiger partial charge >= 0.3 is 8.25 Å². The van der Waals surface area contributed by atoms with E-state index in [-0.39, 0.29) is 23.7 Å². The third-order valence-corrected chi connectivity index (χ3v) is 9.01. The van der Waals surface area contributed by atoms with Gasteiger partial charge in [-0.15, -0.1) is 9.42 Å². The van der Waals surface area contributed by atoms with Gasteiger partial charge in [0.05, 0.1) is 27.2 Å². The van der Waals surface area contributed by atoms with Gasteiger partial charge in [-0.25, -0.2) is 9.37 Å². The second-order valence-electron chi connectivity index (χ2n) is 12.0. The Morgan fingerprint density at radius 2 is 1.61 bits per heavy atom. The number of anilines is 1. The number of fused-ring (bicyclic) bond motifs is 1. The molecular formula is C35H36FN5O9P+. The number of benzene rings is 3. The number of hydrogen-bond donors (Lipinski definition) is 3. The average Bonchev–Trinajstić information content (AvgIpc) is 3.69. The fraction of sp³-hybridized carbons (Fsp3) is 0.314. The number of rotatable bonds is 13. The third kappa shape index (κ3) is 7.12. The van der Waals surface area contributed by atoms with Crippen LogP contribution in [0.3, 0.4) is 0 Å². The summed E-state index contributed by atoms with van der Waals surface area (Å²) in [5, 5.41) is 2.53. The van der Waals surface area contributed by atoms with Gasteiger partial charge in [-0.1, -0.05) is 68.4 Å². The molecule has 1 amide bonds. The molecule has 16 heteroatoms. The smallest absolute Gasteiger partial charge is 0.497 e. The summed E-state index contributed by atoms with van der Waals surface area (Å²) in [6.45, 7) is 2.96. The number of carbonyl (C=O) groups is 1. The molecule has 266 valence electrons. The molecule has 0 radical (unpaired) electrons. The number of amides is 1. The highest BCUT2D eigenvalue weighted by atomic mass is 31.1. The summed E-state index contributed by atoms with van der Waals surface area (Å²) < 4.78 is 58.7. The molecule has 0 aliphatic carbocycles. The molecule has 51 heavy (non-hydrogen) atoms. The van der Waals surface area contributed by atoms with Gasteiger partial charge < -0.3 is 18.9 Å². The number of imidazole rings is 1.